The van der Waals surface area contributed by atoms with E-state index in [1.807, 2.05) is 0 Å². The minimum atomic E-state index is -0.496. The summed E-state index contributed by atoms with van der Waals surface area (Å²) in [7, 11) is 0. The normalized spacial score (nSPS) is 10.5. The largest absolute Gasteiger partial charge is 0.270 e. The summed E-state index contributed by atoms with van der Waals surface area (Å²) in [5.74, 6) is -1.27. The van der Waals surface area contributed by atoms with Crippen LogP contribution in [0.1, 0.15) is 15.9 Å². The number of carbonyl (C=O) groups is 2. The quantitative estimate of drug-likeness (QED) is 0.651. The zero-order valence-electron chi connectivity index (χ0n) is 11.3. The summed E-state index contributed by atoms with van der Waals surface area (Å²) in [6.07, 6.45) is 2.76. The Morgan fingerprint density at radius 3 is 2.36 bits per heavy atom. The molecule has 0 radical (unpaired) electrons. The van der Waals surface area contributed by atoms with Gasteiger partial charge in [0.25, 0.3) is 11.8 Å². The molecule has 2 amide bonds. The van der Waals surface area contributed by atoms with Gasteiger partial charge in [-0.1, -0.05) is 24.3 Å². The van der Waals surface area contributed by atoms with Gasteiger partial charge in [-0.05, 0) is 51.8 Å². The topological polar surface area (TPSA) is 58.2 Å². The second-order valence-corrected chi connectivity index (χ2v) is 5.16. The highest BCUT2D eigenvalue weighted by Crippen LogP contribution is 2.15. The molecule has 2 aromatic rings. The number of hydrogen-bond acceptors (Lipinski definition) is 2. The van der Waals surface area contributed by atoms with Gasteiger partial charge in [0.2, 0.25) is 0 Å². The molecule has 0 bridgehead atoms. The van der Waals surface area contributed by atoms with E-state index in [4.69, 9.17) is 0 Å². The number of amides is 2. The molecular formula is C16H12BrFN2O2. The lowest BCUT2D eigenvalue weighted by Gasteiger charge is -2.06. The fourth-order valence-electron chi connectivity index (χ4n) is 1.62. The van der Waals surface area contributed by atoms with Crippen LogP contribution in [-0.4, -0.2) is 11.8 Å². The molecule has 0 heterocycles. The second-order valence-electron chi connectivity index (χ2n) is 4.31. The number of rotatable bonds is 3. The fraction of sp³-hybridized carbons (Fsp3) is 0. The molecule has 2 N–H and O–H groups in total. The number of hydrazine groups is 1. The molecule has 112 valence electrons. The molecule has 0 unspecified atom stereocenters. The van der Waals surface area contributed by atoms with Crippen molar-refractivity contribution in [1.29, 1.82) is 0 Å². The third kappa shape index (κ3) is 4.53. The van der Waals surface area contributed by atoms with Crippen LogP contribution in [0.5, 0.6) is 0 Å². The van der Waals surface area contributed by atoms with Crippen molar-refractivity contribution in [1.82, 2.24) is 10.9 Å². The van der Waals surface area contributed by atoms with E-state index in [9.17, 15) is 14.0 Å². The lowest BCUT2D eigenvalue weighted by molar-refractivity contribution is -0.117. The van der Waals surface area contributed by atoms with Crippen molar-refractivity contribution >= 4 is 33.8 Å². The lowest BCUT2D eigenvalue weighted by atomic mass is 10.2. The maximum atomic E-state index is 12.7. The van der Waals surface area contributed by atoms with Crippen molar-refractivity contribution in [2.45, 2.75) is 0 Å². The van der Waals surface area contributed by atoms with E-state index in [0.29, 0.717) is 15.6 Å². The minimum absolute atomic E-state index is 0.345. The first-order chi connectivity index (χ1) is 10.6. The average Bonchev–Trinajstić information content (AvgIpc) is 2.52. The molecule has 0 spiro atoms. The van der Waals surface area contributed by atoms with E-state index in [1.54, 1.807) is 36.4 Å². The van der Waals surface area contributed by atoms with Crippen LogP contribution in [-0.2, 0) is 4.79 Å². The van der Waals surface area contributed by atoms with Gasteiger partial charge < -0.3 is 0 Å². The Balaban J connectivity index is 1.89. The highest BCUT2D eigenvalue weighted by atomic mass is 79.9. The summed E-state index contributed by atoms with van der Waals surface area (Å²) in [5.41, 5.74) is 5.66. The van der Waals surface area contributed by atoms with Crippen molar-refractivity contribution in [3.63, 3.8) is 0 Å². The van der Waals surface area contributed by atoms with Gasteiger partial charge >= 0.3 is 0 Å². The molecule has 0 atom stereocenters. The van der Waals surface area contributed by atoms with Gasteiger partial charge in [0.1, 0.15) is 5.82 Å². The van der Waals surface area contributed by atoms with Gasteiger partial charge in [0, 0.05) is 10.5 Å². The maximum Gasteiger partial charge on any atom is 0.270 e. The summed E-state index contributed by atoms with van der Waals surface area (Å²) in [6, 6.07) is 12.5. The number of carbonyl (C=O) groups excluding carboxylic acids is 2. The van der Waals surface area contributed by atoms with E-state index >= 15 is 0 Å². The molecule has 22 heavy (non-hydrogen) atoms. The predicted octanol–water partition coefficient (Wildman–Crippen LogP) is 3.06. The van der Waals surface area contributed by atoms with Crippen molar-refractivity contribution in [3.8, 4) is 0 Å². The predicted molar refractivity (Wildman–Crippen MR) is 85.2 cm³/mol. The second kappa shape index (κ2) is 7.51. The maximum absolute atomic E-state index is 12.7. The molecule has 2 aromatic carbocycles. The van der Waals surface area contributed by atoms with E-state index in [1.165, 1.54) is 24.3 Å². The minimum Gasteiger partial charge on any atom is -0.268 e. The summed E-state index contributed by atoms with van der Waals surface area (Å²) in [5, 5.41) is 0. The first-order valence-corrected chi connectivity index (χ1v) is 7.14. The number of benzene rings is 2. The molecule has 0 aliphatic rings. The summed E-state index contributed by atoms with van der Waals surface area (Å²) >= 11 is 3.25. The van der Waals surface area contributed by atoms with Crippen LogP contribution in [0, 0.1) is 5.82 Å². The first kappa shape index (κ1) is 15.9. The van der Waals surface area contributed by atoms with Crippen LogP contribution in [0.4, 0.5) is 4.39 Å². The Morgan fingerprint density at radius 2 is 1.68 bits per heavy atom. The van der Waals surface area contributed by atoms with Crippen molar-refractivity contribution in [3.05, 3.63) is 76.0 Å². The van der Waals surface area contributed by atoms with Crippen LogP contribution in [0.15, 0.2) is 59.1 Å². The molecule has 0 aromatic heterocycles. The Bertz CT molecular complexity index is 714. The summed E-state index contributed by atoms with van der Waals surface area (Å²) in [4.78, 5) is 23.5. The average molecular weight is 363 g/mol. The molecule has 0 saturated carbocycles. The zero-order chi connectivity index (χ0) is 15.9. The van der Waals surface area contributed by atoms with Gasteiger partial charge in [-0.25, -0.2) is 4.39 Å². The van der Waals surface area contributed by atoms with E-state index in [0.717, 1.165) is 0 Å². The molecule has 2 rings (SSSR count). The smallest absolute Gasteiger partial charge is 0.268 e. The van der Waals surface area contributed by atoms with Gasteiger partial charge in [0.05, 0.1) is 5.56 Å². The molecule has 6 heteroatoms. The Labute approximate surface area is 135 Å². The standard InChI is InChI=1S/C16H12BrFN2O2/c17-14-4-2-1-3-13(14)16(22)20-19-15(21)10-7-11-5-8-12(18)9-6-11/h1-10H,(H,19,21)(H,20,22). The highest BCUT2D eigenvalue weighted by Gasteiger charge is 2.08. The number of hydrogen-bond donors (Lipinski definition) is 2. The third-order valence-electron chi connectivity index (χ3n) is 2.71. The van der Waals surface area contributed by atoms with Crippen molar-refractivity contribution in [2.75, 3.05) is 0 Å². The van der Waals surface area contributed by atoms with Gasteiger partial charge in [-0.2, -0.15) is 0 Å². The highest BCUT2D eigenvalue weighted by molar-refractivity contribution is 9.10. The molecular weight excluding hydrogens is 351 g/mol. The van der Waals surface area contributed by atoms with Crippen molar-refractivity contribution in [2.24, 2.45) is 0 Å². The van der Waals surface area contributed by atoms with Crippen LogP contribution < -0.4 is 10.9 Å². The number of halogens is 2. The Hall–Kier alpha value is -2.47. The summed E-state index contributed by atoms with van der Waals surface area (Å²) < 4.78 is 13.4. The molecule has 0 fully saturated rings. The molecule has 4 nitrogen and oxygen atoms in total. The summed E-state index contributed by atoms with van der Waals surface area (Å²) in [6.45, 7) is 0. The molecule has 0 saturated heterocycles. The van der Waals surface area contributed by atoms with Gasteiger partial charge in [-0.15, -0.1) is 0 Å². The molecule has 0 aliphatic carbocycles. The fourth-order valence-corrected chi connectivity index (χ4v) is 2.08. The Kier molecular flexibility index (Phi) is 5.43. The first-order valence-electron chi connectivity index (χ1n) is 6.35. The van der Waals surface area contributed by atoms with Gasteiger partial charge in [0.15, 0.2) is 0 Å². The van der Waals surface area contributed by atoms with Crippen LogP contribution in [0.3, 0.4) is 0 Å². The SMILES string of the molecule is O=C(C=Cc1ccc(F)cc1)NNC(=O)c1ccccc1Br. The van der Waals surface area contributed by atoms with E-state index in [-0.39, 0.29) is 5.82 Å². The number of nitrogens with one attached hydrogen (secondary N) is 2. The zero-order valence-corrected chi connectivity index (χ0v) is 12.9. The lowest BCUT2D eigenvalue weighted by Crippen LogP contribution is -2.40. The Morgan fingerprint density at radius 1 is 1.00 bits per heavy atom. The van der Waals surface area contributed by atoms with Crippen molar-refractivity contribution < 1.29 is 14.0 Å². The van der Waals surface area contributed by atoms with E-state index < -0.39 is 11.8 Å². The van der Waals surface area contributed by atoms with E-state index in [2.05, 4.69) is 26.8 Å². The monoisotopic (exact) mass is 362 g/mol. The van der Waals surface area contributed by atoms with Gasteiger partial charge in [-0.3, -0.25) is 20.4 Å². The van der Waals surface area contributed by atoms with Crippen LogP contribution >= 0.6 is 15.9 Å². The van der Waals surface area contributed by atoms with Crippen LogP contribution in [0.25, 0.3) is 6.08 Å². The molecule has 0 aliphatic heterocycles. The van der Waals surface area contributed by atoms with Crippen LogP contribution in [0.2, 0.25) is 0 Å². The third-order valence-corrected chi connectivity index (χ3v) is 3.41.